The van der Waals surface area contributed by atoms with Gasteiger partial charge in [0.1, 0.15) is 6.07 Å². The molecule has 0 N–H and O–H groups in total. The Morgan fingerprint density at radius 2 is 0.959 bits per heavy atom. The predicted molar refractivity (Wildman–Crippen MR) is 203 cm³/mol. The summed E-state index contributed by atoms with van der Waals surface area (Å²) in [6.07, 6.45) is 0. The number of rotatable bonds is 4. The van der Waals surface area contributed by atoms with Crippen LogP contribution in [-0.2, 0) is 0 Å². The van der Waals surface area contributed by atoms with Gasteiger partial charge in [-0.05, 0) is 85.8 Å². The molecule has 0 bridgehead atoms. The number of nitrogens with zero attached hydrogens (tertiary/aromatic N) is 3. The van der Waals surface area contributed by atoms with Crippen LogP contribution in [0.5, 0.6) is 0 Å². The summed E-state index contributed by atoms with van der Waals surface area (Å²) >= 11 is 0. The number of hydrogen-bond acceptors (Lipinski definition) is 1. The second-order valence-corrected chi connectivity index (χ2v) is 12.3. The van der Waals surface area contributed by atoms with Gasteiger partial charge < -0.3 is 4.57 Å². The van der Waals surface area contributed by atoms with Gasteiger partial charge in [-0.3, -0.25) is 0 Å². The lowest BCUT2D eigenvalue weighted by Crippen LogP contribution is -2.01. The third kappa shape index (κ3) is 4.42. The molecule has 8 aromatic carbocycles. The average molecular weight is 622 g/mol. The molecular weight excluding hydrogens is 595 g/mol. The van der Waals surface area contributed by atoms with E-state index in [1.807, 2.05) is 36.4 Å². The van der Waals surface area contributed by atoms with Crippen LogP contribution in [0, 0.1) is 17.9 Å². The second-order valence-electron chi connectivity index (χ2n) is 12.3. The minimum absolute atomic E-state index is 0.545. The molecule has 1 heterocycles. The van der Waals surface area contributed by atoms with Gasteiger partial charge in [-0.1, -0.05) is 127 Å². The van der Waals surface area contributed by atoms with Crippen LogP contribution in [0.4, 0.5) is 5.69 Å². The highest BCUT2D eigenvalue weighted by Crippen LogP contribution is 2.46. The standard InChI is InChI=1S/C46H27N3/c1-48-34-27-32(35-23-13-16-31(29-47)46(35)49-42-24-11-9-17-36(42)37-18-10-12-25-43(37)49)26-33(28-34)45-40-21-7-5-19-38(40)44(30-14-3-2-4-15-30)39-20-6-8-22-41(39)45/h2-28H. The first-order chi connectivity index (χ1) is 24.2. The second kappa shape index (κ2) is 11.4. The summed E-state index contributed by atoms with van der Waals surface area (Å²) in [6, 6.07) is 58.9. The zero-order valence-corrected chi connectivity index (χ0v) is 26.4. The summed E-state index contributed by atoms with van der Waals surface area (Å²) in [4.78, 5) is 3.98. The molecule has 0 saturated heterocycles. The predicted octanol–water partition coefficient (Wildman–Crippen LogP) is 12.5. The number of para-hydroxylation sites is 3. The molecule has 3 nitrogen and oxygen atoms in total. The zero-order valence-electron chi connectivity index (χ0n) is 26.4. The highest BCUT2D eigenvalue weighted by atomic mass is 15.0. The summed E-state index contributed by atoms with van der Waals surface area (Å²) in [5.41, 5.74) is 10.2. The molecular formula is C46H27N3. The van der Waals surface area contributed by atoms with Gasteiger partial charge in [0, 0.05) is 16.3 Å². The summed E-state index contributed by atoms with van der Waals surface area (Å²) in [7, 11) is 0. The van der Waals surface area contributed by atoms with Crippen molar-refractivity contribution in [3.8, 4) is 45.1 Å². The molecule has 0 unspecified atom stereocenters. The summed E-state index contributed by atoms with van der Waals surface area (Å²) in [5.74, 6) is 0. The van der Waals surface area contributed by atoms with E-state index in [9.17, 15) is 5.26 Å². The maximum atomic E-state index is 10.5. The van der Waals surface area contributed by atoms with Gasteiger partial charge in [-0.15, -0.1) is 0 Å². The van der Waals surface area contributed by atoms with E-state index in [0.29, 0.717) is 11.3 Å². The molecule has 1 aromatic heterocycles. The van der Waals surface area contributed by atoms with Crippen LogP contribution in [0.3, 0.4) is 0 Å². The van der Waals surface area contributed by atoms with E-state index in [1.54, 1.807) is 0 Å². The summed E-state index contributed by atoms with van der Waals surface area (Å²) in [5, 5.41) is 17.3. The fraction of sp³-hybridized carbons (Fsp3) is 0. The minimum Gasteiger partial charge on any atom is -0.307 e. The van der Waals surface area contributed by atoms with Gasteiger partial charge >= 0.3 is 0 Å². The third-order valence-corrected chi connectivity index (χ3v) is 9.60. The van der Waals surface area contributed by atoms with Gasteiger partial charge in [0.2, 0.25) is 0 Å². The van der Waals surface area contributed by atoms with Gasteiger partial charge in [0.15, 0.2) is 5.69 Å². The van der Waals surface area contributed by atoms with Crippen molar-refractivity contribution >= 4 is 49.0 Å². The van der Waals surface area contributed by atoms with E-state index in [-0.39, 0.29) is 0 Å². The molecule has 9 rings (SSSR count). The molecule has 0 saturated carbocycles. The lowest BCUT2D eigenvalue weighted by molar-refractivity contribution is 1.17. The number of aromatic nitrogens is 1. The number of nitriles is 1. The number of fused-ring (bicyclic) bond motifs is 5. The summed E-state index contributed by atoms with van der Waals surface area (Å²) < 4.78 is 2.21. The Kier molecular flexibility index (Phi) is 6.58. The SMILES string of the molecule is [C-]#[N+]c1cc(-c2cccc(C#N)c2-n2c3ccccc3c3ccccc32)cc(-c2c3ccccc3c(-c3ccccc3)c3ccccc23)c1. The van der Waals surface area contributed by atoms with Crippen molar-refractivity contribution in [1.82, 2.24) is 4.57 Å². The van der Waals surface area contributed by atoms with Gasteiger partial charge in [-0.25, -0.2) is 4.85 Å². The van der Waals surface area contributed by atoms with Crippen molar-refractivity contribution in [3.63, 3.8) is 0 Å². The highest BCUT2D eigenvalue weighted by Gasteiger charge is 2.21. The molecule has 49 heavy (non-hydrogen) atoms. The normalized spacial score (nSPS) is 11.2. The van der Waals surface area contributed by atoms with Crippen LogP contribution < -0.4 is 0 Å². The summed E-state index contributed by atoms with van der Waals surface area (Å²) in [6.45, 7) is 8.19. The lowest BCUT2D eigenvalue weighted by atomic mass is 9.85. The monoisotopic (exact) mass is 621 g/mol. The Morgan fingerprint density at radius 3 is 1.51 bits per heavy atom. The number of hydrogen-bond donors (Lipinski definition) is 0. The van der Waals surface area contributed by atoms with Crippen molar-refractivity contribution in [2.45, 2.75) is 0 Å². The Morgan fingerprint density at radius 1 is 0.469 bits per heavy atom. The molecule has 0 aliphatic heterocycles. The van der Waals surface area contributed by atoms with Crippen molar-refractivity contribution < 1.29 is 0 Å². The smallest absolute Gasteiger partial charge is 0.188 e. The zero-order chi connectivity index (χ0) is 32.9. The molecule has 0 aliphatic carbocycles. The average Bonchev–Trinajstić information content (AvgIpc) is 3.50. The fourth-order valence-corrected chi connectivity index (χ4v) is 7.60. The minimum atomic E-state index is 0.545. The highest BCUT2D eigenvalue weighted by molar-refractivity contribution is 6.21. The third-order valence-electron chi connectivity index (χ3n) is 9.60. The van der Waals surface area contributed by atoms with Crippen molar-refractivity contribution in [1.29, 1.82) is 5.26 Å². The van der Waals surface area contributed by atoms with E-state index in [1.165, 1.54) is 11.1 Å². The molecule has 0 spiro atoms. The topological polar surface area (TPSA) is 33.1 Å². The van der Waals surface area contributed by atoms with E-state index < -0.39 is 0 Å². The lowest BCUT2D eigenvalue weighted by Gasteiger charge is -2.19. The molecule has 226 valence electrons. The van der Waals surface area contributed by atoms with Crippen LogP contribution in [0.1, 0.15) is 5.56 Å². The van der Waals surface area contributed by atoms with E-state index in [4.69, 9.17) is 6.57 Å². The van der Waals surface area contributed by atoms with Crippen molar-refractivity contribution in [2.75, 3.05) is 0 Å². The maximum absolute atomic E-state index is 10.5. The van der Waals surface area contributed by atoms with Gasteiger partial charge in [0.05, 0.1) is 28.9 Å². The number of benzene rings is 8. The molecule has 0 atom stereocenters. The first-order valence-corrected chi connectivity index (χ1v) is 16.3. The quantitative estimate of drug-likeness (QED) is 0.142. The first-order valence-electron chi connectivity index (χ1n) is 16.3. The van der Waals surface area contributed by atoms with Gasteiger partial charge in [-0.2, -0.15) is 5.26 Å². The van der Waals surface area contributed by atoms with Crippen LogP contribution in [0.15, 0.2) is 164 Å². The molecule has 3 heteroatoms. The van der Waals surface area contributed by atoms with E-state index in [2.05, 4.69) is 143 Å². The first kappa shape index (κ1) is 28.3. The Bertz CT molecular complexity index is 2740. The molecule has 0 fully saturated rings. The Balaban J connectivity index is 1.37. The van der Waals surface area contributed by atoms with Gasteiger partial charge in [0.25, 0.3) is 0 Å². The van der Waals surface area contributed by atoms with E-state index >= 15 is 0 Å². The molecule has 0 radical (unpaired) electrons. The Labute approximate surface area is 284 Å². The van der Waals surface area contributed by atoms with Crippen molar-refractivity contribution in [3.05, 3.63) is 181 Å². The maximum Gasteiger partial charge on any atom is 0.188 e. The van der Waals surface area contributed by atoms with Crippen LogP contribution in [-0.4, -0.2) is 4.57 Å². The Hall–Kier alpha value is -6.94. The van der Waals surface area contributed by atoms with Crippen molar-refractivity contribution in [2.24, 2.45) is 0 Å². The largest absolute Gasteiger partial charge is 0.307 e. The molecule has 9 aromatic rings. The van der Waals surface area contributed by atoms with Crippen LogP contribution in [0.2, 0.25) is 0 Å². The van der Waals surface area contributed by atoms with E-state index in [0.717, 1.165) is 71.3 Å². The van der Waals surface area contributed by atoms with Crippen LogP contribution >= 0.6 is 0 Å². The van der Waals surface area contributed by atoms with Crippen LogP contribution in [0.25, 0.3) is 87.3 Å². The molecule has 0 aliphatic rings. The fourth-order valence-electron chi connectivity index (χ4n) is 7.60. The molecule has 0 amide bonds.